The number of benzene rings is 2. The summed E-state index contributed by atoms with van der Waals surface area (Å²) in [5.41, 5.74) is 0.912. The minimum absolute atomic E-state index is 0.199. The number of nitrogens with one attached hydrogen (secondary N) is 1. The number of amides is 2. The van der Waals surface area contributed by atoms with E-state index in [0.29, 0.717) is 23.8 Å². The fourth-order valence-corrected chi connectivity index (χ4v) is 3.12. The van der Waals surface area contributed by atoms with Crippen LogP contribution in [0.3, 0.4) is 0 Å². The van der Waals surface area contributed by atoms with E-state index in [1.54, 1.807) is 39.3 Å². The van der Waals surface area contributed by atoms with Crippen molar-refractivity contribution in [2.24, 2.45) is 0 Å². The molecule has 0 saturated carbocycles. The van der Waals surface area contributed by atoms with Gasteiger partial charge in [0.2, 0.25) is 5.91 Å². The maximum absolute atomic E-state index is 13.1. The molecule has 1 N–H and O–H groups in total. The van der Waals surface area contributed by atoms with E-state index in [1.165, 1.54) is 4.90 Å². The average Bonchev–Trinajstić information content (AvgIpc) is 2.79. The van der Waals surface area contributed by atoms with Gasteiger partial charge >= 0.3 is 0 Å². The Hall–Kier alpha value is -2.74. The fourth-order valence-electron chi connectivity index (χ4n) is 2.86. The molecule has 0 aliphatic heterocycles. The van der Waals surface area contributed by atoms with Crippen molar-refractivity contribution in [3.05, 3.63) is 52.5 Å². The molecule has 7 nitrogen and oxygen atoms in total. The van der Waals surface area contributed by atoms with Crippen molar-refractivity contribution in [3.63, 3.8) is 0 Å². The van der Waals surface area contributed by atoms with Gasteiger partial charge in [-0.1, -0.05) is 35.0 Å². The normalized spacial score (nSPS) is 11.4. The largest absolute Gasteiger partial charge is 0.496 e. The van der Waals surface area contributed by atoms with E-state index in [-0.39, 0.29) is 25.0 Å². The molecule has 0 aromatic heterocycles. The van der Waals surface area contributed by atoms with E-state index in [1.807, 2.05) is 31.2 Å². The monoisotopic (exact) mass is 492 g/mol. The summed E-state index contributed by atoms with van der Waals surface area (Å²) in [6, 6.07) is 12.0. The minimum Gasteiger partial charge on any atom is -0.496 e. The topological polar surface area (TPSA) is 77.1 Å². The first-order valence-electron chi connectivity index (χ1n) is 10.1. The summed E-state index contributed by atoms with van der Waals surface area (Å²) in [5, 5.41) is 2.85. The summed E-state index contributed by atoms with van der Waals surface area (Å²) in [4.78, 5) is 27.1. The van der Waals surface area contributed by atoms with Crippen LogP contribution in [0.2, 0.25) is 0 Å². The van der Waals surface area contributed by atoms with Crippen molar-refractivity contribution in [1.82, 2.24) is 10.2 Å². The number of carbonyl (C=O) groups excluding carboxylic acids is 2. The Bertz CT molecular complexity index is 851. The molecule has 2 rings (SSSR count). The highest BCUT2D eigenvalue weighted by atomic mass is 79.9. The molecule has 0 aliphatic rings. The molecule has 0 saturated heterocycles. The fraction of sp³-hybridized carbons (Fsp3) is 0.391. The zero-order valence-corrected chi connectivity index (χ0v) is 19.9. The van der Waals surface area contributed by atoms with Gasteiger partial charge in [0.15, 0.2) is 6.61 Å². The van der Waals surface area contributed by atoms with Gasteiger partial charge < -0.3 is 24.4 Å². The minimum atomic E-state index is -0.647. The molecule has 0 radical (unpaired) electrons. The van der Waals surface area contributed by atoms with Crippen molar-refractivity contribution in [2.45, 2.75) is 32.9 Å². The quantitative estimate of drug-likeness (QED) is 0.516. The predicted molar refractivity (Wildman–Crippen MR) is 122 cm³/mol. The van der Waals surface area contributed by atoms with E-state index < -0.39 is 6.04 Å². The molecular formula is C23H29BrN2O5. The second kappa shape index (κ2) is 12.2. The van der Waals surface area contributed by atoms with E-state index in [4.69, 9.17) is 14.2 Å². The standard InChI is InChI=1S/C23H29BrN2O5/c1-5-10-25-23(28)16(2)26(14-17-6-8-18(24)9-7-17)22(27)15-31-21-12-19(29-3)11-20(13-21)30-4/h6-9,11-13,16H,5,10,14-15H2,1-4H3,(H,25,28). The second-order valence-corrected chi connectivity index (χ2v) is 7.87. The number of rotatable bonds is 11. The highest BCUT2D eigenvalue weighted by Gasteiger charge is 2.26. The van der Waals surface area contributed by atoms with E-state index in [0.717, 1.165) is 16.5 Å². The van der Waals surface area contributed by atoms with Crippen LogP contribution in [0.15, 0.2) is 46.9 Å². The summed E-state index contributed by atoms with van der Waals surface area (Å²) in [6.45, 7) is 4.32. The molecule has 0 bridgehead atoms. The lowest BCUT2D eigenvalue weighted by atomic mass is 10.1. The number of hydrogen-bond donors (Lipinski definition) is 1. The third-order valence-corrected chi connectivity index (χ3v) is 5.20. The number of halogens is 1. The van der Waals surface area contributed by atoms with Crippen molar-refractivity contribution in [2.75, 3.05) is 27.4 Å². The van der Waals surface area contributed by atoms with Crippen molar-refractivity contribution < 1.29 is 23.8 Å². The van der Waals surface area contributed by atoms with Crippen LogP contribution in [0.1, 0.15) is 25.8 Å². The molecule has 0 fully saturated rings. The number of ether oxygens (including phenoxy) is 3. The lowest BCUT2D eigenvalue weighted by molar-refractivity contribution is -0.142. The first-order valence-corrected chi connectivity index (χ1v) is 10.8. The van der Waals surface area contributed by atoms with Crippen LogP contribution in [0.5, 0.6) is 17.2 Å². The number of carbonyl (C=O) groups is 2. The molecule has 2 aromatic carbocycles. The molecule has 168 valence electrons. The zero-order valence-electron chi connectivity index (χ0n) is 18.3. The van der Waals surface area contributed by atoms with Crippen molar-refractivity contribution in [1.29, 1.82) is 0 Å². The van der Waals surface area contributed by atoms with E-state index >= 15 is 0 Å². The van der Waals surface area contributed by atoms with Crippen LogP contribution in [0.25, 0.3) is 0 Å². The first kappa shape index (κ1) is 24.5. The van der Waals surface area contributed by atoms with Gasteiger partial charge in [-0.05, 0) is 31.0 Å². The second-order valence-electron chi connectivity index (χ2n) is 6.95. The van der Waals surface area contributed by atoms with Crippen molar-refractivity contribution in [3.8, 4) is 17.2 Å². The maximum atomic E-state index is 13.1. The van der Waals surface area contributed by atoms with Crippen LogP contribution in [0.4, 0.5) is 0 Å². The SMILES string of the molecule is CCCNC(=O)C(C)N(Cc1ccc(Br)cc1)C(=O)COc1cc(OC)cc(OC)c1. The molecule has 8 heteroatoms. The third-order valence-electron chi connectivity index (χ3n) is 4.67. The Morgan fingerprint density at radius 1 is 1.03 bits per heavy atom. The summed E-state index contributed by atoms with van der Waals surface area (Å²) in [7, 11) is 3.08. The lowest BCUT2D eigenvalue weighted by Crippen LogP contribution is -2.49. The summed E-state index contributed by atoms with van der Waals surface area (Å²) < 4.78 is 17.1. The molecule has 0 spiro atoms. The van der Waals surface area contributed by atoms with Crippen molar-refractivity contribution >= 4 is 27.7 Å². The first-order chi connectivity index (χ1) is 14.9. The Balaban J connectivity index is 2.16. The van der Waals surface area contributed by atoms with Gasteiger partial charge in [0.25, 0.3) is 5.91 Å². The van der Waals surface area contributed by atoms with Crippen LogP contribution in [0, 0.1) is 0 Å². The van der Waals surface area contributed by atoms with Gasteiger partial charge in [0, 0.05) is 35.8 Å². The van der Waals surface area contributed by atoms with Crippen LogP contribution in [-0.4, -0.2) is 50.1 Å². The molecule has 0 aliphatic carbocycles. The average molecular weight is 493 g/mol. The van der Waals surface area contributed by atoms with E-state index in [9.17, 15) is 9.59 Å². The summed E-state index contributed by atoms with van der Waals surface area (Å²) >= 11 is 3.41. The molecule has 0 heterocycles. The van der Waals surface area contributed by atoms with Crippen LogP contribution in [-0.2, 0) is 16.1 Å². The molecule has 2 aromatic rings. The Kier molecular flexibility index (Phi) is 9.65. The summed E-state index contributed by atoms with van der Waals surface area (Å²) in [6.07, 6.45) is 0.819. The molecule has 1 atom stereocenters. The van der Waals surface area contributed by atoms with Crippen LogP contribution >= 0.6 is 15.9 Å². The Morgan fingerprint density at radius 2 is 1.61 bits per heavy atom. The van der Waals surface area contributed by atoms with Gasteiger partial charge in [-0.25, -0.2) is 0 Å². The maximum Gasteiger partial charge on any atom is 0.261 e. The number of methoxy groups -OCH3 is 2. The highest BCUT2D eigenvalue weighted by molar-refractivity contribution is 9.10. The van der Waals surface area contributed by atoms with E-state index in [2.05, 4.69) is 21.2 Å². The third kappa shape index (κ3) is 7.47. The van der Waals surface area contributed by atoms with Gasteiger partial charge in [-0.3, -0.25) is 9.59 Å². The zero-order chi connectivity index (χ0) is 22.8. The van der Waals surface area contributed by atoms with Gasteiger partial charge in [0.05, 0.1) is 14.2 Å². The molecule has 2 amide bonds. The van der Waals surface area contributed by atoms with Crippen LogP contribution < -0.4 is 19.5 Å². The lowest BCUT2D eigenvalue weighted by Gasteiger charge is -2.28. The molecule has 1 unspecified atom stereocenters. The Labute approximate surface area is 191 Å². The molecule has 31 heavy (non-hydrogen) atoms. The molecular weight excluding hydrogens is 464 g/mol. The number of hydrogen-bond acceptors (Lipinski definition) is 5. The highest BCUT2D eigenvalue weighted by Crippen LogP contribution is 2.27. The van der Waals surface area contributed by atoms with Gasteiger partial charge in [-0.2, -0.15) is 0 Å². The number of nitrogens with zero attached hydrogens (tertiary/aromatic N) is 1. The van der Waals surface area contributed by atoms with Gasteiger partial charge in [-0.15, -0.1) is 0 Å². The Morgan fingerprint density at radius 3 is 2.16 bits per heavy atom. The summed E-state index contributed by atoms with van der Waals surface area (Å²) in [5.74, 6) is 1.05. The smallest absolute Gasteiger partial charge is 0.261 e. The predicted octanol–water partition coefficient (Wildman–Crippen LogP) is 3.79. The van der Waals surface area contributed by atoms with Gasteiger partial charge in [0.1, 0.15) is 23.3 Å².